The van der Waals surface area contributed by atoms with Crippen LogP contribution >= 0.6 is 15.9 Å². The molecule has 2 rings (SSSR count). The van der Waals surface area contributed by atoms with Crippen molar-refractivity contribution >= 4 is 26.0 Å². The number of halogens is 1. The van der Waals surface area contributed by atoms with E-state index in [1.807, 2.05) is 24.3 Å². The summed E-state index contributed by atoms with van der Waals surface area (Å²) in [6, 6.07) is 7.82. The van der Waals surface area contributed by atoms with Crippen LogP contribution < -0.4 is 0 Å². The van der Waals surface area contributed by atoms with Gasteiger partial charge in [-0.05, 0) is 30.5 Å². The molecule has 4 nitrogen and oxygen atoms in total. The van der Waals surface area contributed by atoms with E-state index in [2.05, 4.69) is 15.9 Å². The lowest BCUT2D eigenvalue weighted by molar-refractivity contribution is 0.275. The van der Waals surface area contributed by atoms with Crippen LogP contribution in [0, 0.1) is 0 Å². The second-order valence-electron chi connectivity index (χ2n) is 4.88. The van der Waals surface area contributed by atoms with Gasteiger partial charge in [0.05, 0.1) is 5.25 Å². The number of hydrogen-bond acceptors (Lipinski definition) is 3. The zero-order valence-corrected chi connectivity index (χ0v) is 13.2. The highest BCUT2D eigenvalue weighted by Gasteiger charge is 2.49. The third-order valence-electron chi connectivity index (χ3n) is 3.48. The highest BCUT2D eigenvalue weighted by atomic mass is 79.9. The molecule has 1 N–H and O–H groups in total. The Morgan fingerprint density at radius 3 is 2.58 bits per heavy atom. The first kappa shape index (κ1) is 15.0. The average Bonchev–Trinajstić information content (AvgIpc) is 3.17. The summed E-state index contributed by atoms with van der Waals surface area (Å²) in [5, 5.41) is 8.46. The van der Waals surface area contributed by atoms with Gasteiger partial charge < -0.3 is 5.11 Å². The molecule has 1 aliphatic rings. The Morgan fingerprint density at radius 2 is 2.00 bits per heavy atom. The molecule has 0 radical (unpaired) electrons. The number of aliphatic hydroxyl groups excluding tert-OH is 1. The number of benzene rings is 1. The fourth-order valence-electron chi connectivity index (χ4n) is 2.21. The Morgan fingerprint density at radius 1 is 1.37 bits per heavy atom. The summed E-state index contributed by atoms with van der Waals surface area (Å²) in [4.78, 5) is 0. The minimum Gasteiger partial charge on any atom is -0.396 e. The molecule has 0 bridgehead atoms. The molecule has 0 spiro atoms. The van der Waals surface area contributed by atoms with Crippen LogP contribution in [0.4, 0.5) is 0 Å². The summed E-state index contributed by atoms with van der Waals surface area (Å²) in [6.45, 7) is 0.392. The van der Waals surface area contributed by atoms with Crippen LogP contribution in [-0.4, -0.2) is 43.3 Å². The Kier molecular flexibility index (Phi) is 4.66. The molecule has 0 saturated heterocycles. The first-order valence-electron chi connectivity index (χ1n) is 6.28. The summed E-state index contributed by atoms with van der Waals surface area (Å²) in [7, 11) is -1.65. The van der Waals surface area contributed by atoms with Crippen LogP contribution in [0.3, 0.4) is 0 Å². The smallest absolute Gasteiger partial charge is 0.217 e. The lowest BCUT2D eigenvalue weighted by Gasteiger charge is -2.16. The van der Waals surface area contributed by atoms with Crippen molar-refractivity contribution in [2.45, 2.75) is 24.0 Å². The minimum absolute atomic E-state index is 0.0146. The number of rotatable bonds is 6. The molecule has 1 aliphatic carbocycles. The Labute approximate surface area is 122 Å². The van der Waals surface area contributed by atoms with Gasteiger partial charge in [-0.25, -0.2) is 12.7 Å². The van der Waals surface area contributed by atoms with Gasteiger partial charge in [0.15, 0.2) is 0 Å². The summed E-state index contributed by atoms with van der Waals surface area (Å²) >= 11 is 3.37. The van der Waals surface area contributed by atoms with E-state index >= 15 is 0 Å². The van der Waals surface area contributed by atoms with E-state index in [1.54, 1.807) is 7.05 Å². The maximum absolute atomic E-state index is 12.3. The van der Waals surface area contributed by atoms with Crippen molar-refractivity contribution in [2.24, 2.45) is 0 Å². The fourth-order valence-corrected chi connectivity index (χ4v) is 4.35. The standard InChI is InChI=1S/C13H18BrNO3S/c1-15(7-2-8-16)19(17,18)13-9-12(13)10-3-5-11(14)6-4-10/h3-6,12-13,16H,2,7-9H2,1H3/t12-,13+/m0/s1. The molecule has 0 aliphatic heterocycles. The van der Waals surface area contributed by atoms with Crippen LogP contribution in [0.1, 0.15) is 24.3 Å². The highest BCUT2D eigenvalue weighted by Crippen LogP contribution is 2.46. The molecule has 1 aromatic carbocycles. The summed E-state index contributed by atoms with van der Waals surface area (Å²) < 4.78 is 26.9. The first-order valence-corrected chi connectivity index (χ1v) is 8.58. The molecule has 0 aromatic heterocycles. The monoisotopic (exact) mass is 347 g/mol. The average molecular weight is 348 g/mol. The van der Waals surface area contributed by atoms with Crippen molar-refractivity contribution in [3.8, 4) is 0 Å². The molecule has 106 valence electrons. The molecular formula is C13H18BrNO3S. The van der Waals surface area contributed by atoms with E-state index in [1.165, 1.54) is 4.31 Å². The van der Waals surface area contributed by atoms with Crippen LogP contribution in [-0.2, 0) is 10.0 Å². The largest absolute Gasteiger partial charge is 0.396 e. The van der Waals surface area contributed by atoms with Gasteiger partial charge >= 0.3 is 0 Å². The maximum Gasteiger partial charge on any atom is 0.217 e. The van der Waals surface area contributed by atoms with Gasteiger partial charge in [0, 0.05) is 30.6 Å². The Hall–Kier alpha value is -0.430. The number of sulfonamides is 1. The normalized spacial score (nSPS) is 22.7. The number of aliphatic hydroxyl groups is 1. The second-order valence-corrected chi connectivity index (χ2v) is 8.05. The Bertz CT molecular complexity index is 529. The maximum atomic E-state index is 12.3. The summed E-state index contributed by atoms with van der Waals surface area (Å²) in [5.41, 5.74) is 1.08. The minimum atomic E-state index is -3.23. The van der Waals surface area contributed by atoms with E-state index in [0.29, 0.717) is 19.4 Å². The molecule has 1 saturated carbocycles. The van der Waals surface area contributed by atoms with E-state index in [-0.39, 0.29) is 17.8 Å². The molecular weight excluding hydrogens is 330 g/mol. The third-order valence-corrected chi connectivity index (χ3v) is 6.34. The zero-order valence-electron chi connectivity index (χ0n) is 10.8. The van der Waals surface area contributed by atoms with Crippen LogP contribution in [0.2, 0.25) is 0 Å². The third kappa shape index (κ3) is 3.37. The second kappa shape index (κ2) is 5.91. The van der Waals surface area contributed by atoms with Crippen molar-refractivity contribution in [2.75, 3.05) is 20.2 Å². The SMILES string of the molecule is CN(CCCO)S(=O)(=O)[C@@H]1C[C@H]1c1ccc(Br)cc1. The van der Waals surface area contributed by atoms with Crippen molar-refractivity contribution in [1.82, 2.24) is 4.31 Å². The van der Waals surface area contributed by atoms with E-state index in [4.69, 9.17) is 5.11 Å². The van der Waals surface area contributed by atoms with Gasteiger partial charge in [-0.15, -0.1) is 0 Å². The molecule has 2 atom stereocenters. The molecule has 19 heavy (non-hydrogen) atoms. The van der Waals surface area contributed by atoms with Crippen molar-refractivity contribution in [3.63, 3.8) is 0 Å². The molecule has 0 unspecified atom stereocenters. The highest BCUT2D eigenvalue weighted by molar-refractivity contribution is 9.10. The van der Waals surface area contributed by atoms with Gasteiger partial charge in [0.1, 0.15) is 0 Å². The first-order chi connectivity index (χ1) is 8.96. The van der Waals surface area contributed by atoms with Gasteiger partial charge in [0.25, 0.3) is 0 Å². The summed E-state index contributed by atoms with van der Waals surface area (Å²) in [6.07, 6.45) is 1.17. The Balaban J connectivity index is 2.03. The predicted octanol–water partition coefficient (Wildman–Crippen LogP) is 1.95. The quantitative estimate of drug-likeness (QED) is 0.855. The lowest BCUT2D eigenvalue weighted by Crippen LogP contribution is -2.31. The van der Waals surface area contributed by atoms with Crippen LogP contribution in [0.15, 0.2) is 28.7 Å². The lowest BCUT2D eigenvalue weighted by atomic mass is 10.1. The number of nitrogens with zero attached hydrogens (tertiary/aromatic N) is 1. The summed E-state index contributed by atoms with van der Waals surface area (Å²) in [5.74, 6) is 0.106. The molecule has 0 heterocycles. The van der Waals surface area contributed by atoms with Gasteiger partial charge in [-0.2, -0.15) is 0 Å². The molecule has 0 amide bonds. The fraction of sp³-hybridized carbons (Fsp3) is 0.538. The van der Waals surface area contributed by atoms with Crippen molar-refractivity contribution < 1.29 is 13.5 Å². The number of hydrogen-bond donors (Lipinski definition) is 1. The molecule has 1 fully saturated rings. The van der Waals surface area contributed by atoms with Crippen molar-refractivity contribution in [1.29, 1.82) is 0 Å². The van der Waals surface area contributed by atoms with E-state index in [9.17, 15) is 8.42 Å². The van der Waals surface area contributed by atoms with Crippen LogP contribution in [0.25, 0.3) is 0 Å². The molecule has 6 heteroatoms. The molecule has 1 aromatic rings. The predicted molar refractivity (Wildman–Crippen MR) is 78.5 cm³/mol. The van der Waals surface area contributed by atoms with E-state index < -0.39 is 10.0 Å². The van der Waals surface area contributed by atoms with Crippen LogP contribution in [0.5, 0.6) is 0 Å². The van der Waals surface area contributed by atoms with Gasteiger partial charge in [-0.1, -0.05) is 28.1 Å². The van der Waals surface area contributed by atoms with E-state index in [0.717, 1.165) is 10.0 Å². The zero-order chi connectivity index (χ0) is 14.0. The topological polar surface area (TPSA) is 57.6 Å². The van der Waals surface area contributed by atoms with Crippen molar-refractivity contribution in [3.05, 3.63) is 34.3 Å². The van der Waals surface area contributed by atoms with Gasteiger partial charge in [-0.3, -0.25) is 0 Å². The van der Waals surface area contributed by atoms with Gasteiger partial charge in [0.2, 0.25) is 10.0 Å².